The summed E-state index contributed by atoms with van der Waals surface area (Å²) >= 11 is 0. The molecule has 1 aromatic heterocycles. The zero-order valence-electron chi connectivity index (χ0n) is 18.0. The molecule has 0 atom stereocenters. The molecule has 0 fully saturated rings. The molecule has 0 spiro atoms. The van der Waals surface area contributed by atoms with Crippen molar-refractivity contribution in [3.8, 4) is 22.3 Å². The molecule has 33 heavy (non-hydrogen) atoms. The third-order valence-electron chi connectivity index (χ3n) is 6.66. The average molecular weight is 421 g/mol. The van der Waals surface area contributed by atoms with Crippen molar-refractivity contribution in [2.75, 3.05) is 0 Å². The zero-order chi connectivity index (χ0) is 21.8. The lowest BCUT2D eigenvalue weighted by atomic mass is 9.96. The summed E-state index contributed by atoms with van der Waals surface area (Å²) in [6.45, 7) is 0. The fourth-order valence-electron chi connectivity index (χ4n) is 4.96. The summed E-state index contributed by atoms with van der Waals surface area (Å²) in [5.41, 5.74) is 6.71. The minimum atomic E-state index is 0.927. The van der Waals surface area contributed by atoms with Crippen LogP contribution in [0, 0.1) is 0 Å². The van der Waals surface area contributed by atoms with Gasteiger partial charge in [0.05, 0.1) is 0 Å². The predicted octanol–water partition coefficient (Wildman–Crippen LogP) is 9.23. The van der Waals surface area contributed by atoms with E-state index in [1.54, 1.807) is 0 Å². The van der Waals surface area contributed by atoms with E-state index in [0.717, 1.165) is 22.1 Å². The third-order valence-corrected chi connectivity index (χ3v) is 6.66. The van der Waals surface area contributed by atoms with Crippen molar-refractivity contribution in [1.82, 2.24) is 0 Å². The Kier molecular flexibility index (Phi) is 3.91. The number of hydrogen-bond donors (Lipinski definition) is 0. The van der Waals surface area contributed by atoms with E-state index in [0.29, 0.717) is 0 Å². The lowest BCUT2D eigenvalue weighted by Gasteiger charge is -2.08. The second-order valence-electron chi connectivity index (χ2n) is 8.61. The van der Waals surface area contributed by atoms with E-state index < -0.39 is 0 Å². The number of furan rings is 1. The minimum Gasteiger partial charge on any atom is -0.456 e. The topological polar surface area (TPSA) is 13.1 Å². The van der Waals surface area contributed by atoms with Crippen LogP contribution in [-0.2, 0) is 0 Å². The monoisotopic (exact) mass is 420 g/mol. The standard InChI is InChI=1S/C32H20O/c1-2-8-25-19-32-30(18-24(25)7-1)29-17-16-26(20-31(29)33-32)21-12-14-23(15-13-21)28-11-5-9-22-6-3-4-10-27(22)28/h1-20H. The Balaban J connectivity index is 1.31. The molecule has 7 rings (SSSR count). The van der Waals surface area contributed by atoms with Gasteiger partial charge in [-0.25, -0.2) is 0 Å². The van der Waals surface area contributed by atoms with Gasteiger partial charge in [-0.05, 0) is 68.1 Å². The van der Waals surface area contributed by atoms with Crippen LogP contribution < -0.4 is 0 Å². The maximum absolute atomic E-state index is 6.26. The van der Waals surface area contributed by atoms with Crippen LogP contribution in [0.2, 0.25) is 0 Å². The van der Waals surface area contributed by atoms with Gasteiger partial charge in [0.2, 0.25) is 0 Å². The zero-order valence-corrected chi connectivity index (χ0v) is 18.0. The quantitative estimate of drug-likeness (QED) is 0.272. The molecular weight excluding hydrogens is 400 g/mol. The molecule has 1 heterocycles. The Morgan fingerprint density at radius 3 is 1.85 bits per heavy atom. The molecule has 0 bridgehead atoms. The van der Waals surface area contributed by atoms with E-state index in [1.807, 2.05) is 0 Å². The van der Waals surface area contributed by atoms with Crippen molar-refractivity contribution >= 4 is 43.5 Å². The first-order valence-corrected chi connectivity index (χ1v) is 11.3. The van der Waals surface area contributed by atoms with Crippen molar-refractivity contribution in [2.24, 2.45) is 0 Å². The van der Waals surface area contributed by atoms with Crippen LogP contribution in [0.4, 0.5) is 0 Å². The lowest BCUT2D eigenvalue weighted by molar-refractivity contribution is 0.669. The van der Waals surface area contributed by atoms with Crippen LogP contribution in [0.3, 0.4) is 0 Å². The Morgan fingerprint density at radius 2 is 1.00 bits per heavy atom. The lowest BCUT2D eigenvalue weighted by Crippen LogP contribution is -1.83. The number of benzene rings is 6. The highest BCUT2D eigenvalue weighted by molar-refractivity contribution is 6.10. The van der Waals surface area contributed by atoms with Crippen molar-refractivity contribution in [3.63, 3.8) is 0 Å². The first-order valence-electron chi connectivity index (χ1n) is 11.3. The van der Waals surface area contributed by atoms with Gasteiger partial charge in [-0.15, -0.1) is 0 Å². The highest BCUT2D eigenvalue weighted by Gasteiger charge is 2.10. The van der Waals surface area contributed by atoms with Crippen molar-refractivity contribution in [2.45, 2.75) is 0 Å². The summed E-state index contributed by atoms with van der Waals surface area (Å²) in [5.74, 6) is 0. The summed E-state index contributed by atoms with van der Waals surface area (Å²) in [5, 5.41) is 7.31. The highest BCUT2D eigenvalue weighted by atomic mass is 16.3. The first kappa shape index (κ1) is 18.2. The average Bonchev–Trinajstić information content (AvgIpc) is 3.23. The van der Waals surface area contributed by atoms with Crippen LogP contribution in [0.15, 0.2) is 126 Å². The van der Waals surface area contributed by atoms with E-state index in [1.165, 1.54) is 43.6 Å². The van der Waals surface area contributed by atoms with E-state index >= 15 is 0 Å². The number of fused-ring (bicyclic) bond motifs is 5. The van der Waals surface area contributed by atoms with E-state index in [9.17, 15) is 0 Å². The van der Waals surface area contributed by atoms with E-state index in [-0.39, 0.29) is 0 Å². The fourth-order valence-corrected chi connectivity index (χ4v) is 4.96. The van der Waals surface area contributed by atoms with Gasteiger partial charge in [-0.3, -0.25) is 0 Å². The van der Waals surface area contributed by atoms with Gasteiger partial charge in [0.1, 0.15) is 11.2 Å². The molecule has 6 aromatic carbocycles. The molecule has 0 radical (unpaired) electrons. The van der Waals surface area contributed by atoms with Crippen molar-refractivity contribution in [3.05, 3.63) is 121 Å². The Labute approximate surface area is 191 Å². The molecule has 0 unspecified atom stereocenters. The second kappa shape index (κ2) is 7.08. The molecule has 0 aliphatic heterocycles. The summed E-state index contributed by atoms with van der Waals surface area (Å²) in [6, 6.07) is 43.2. The predicted molar refractivity (Wildman–Crippen MR) is 140 cm³/mol. The Hall–Kier alpha value is -4.36. The Morgan fingerprint density at radius 1 is 0.364 bits per heavy atom. The summed E-state index contributed by atoms with van der Waals surface area (Å²) in [4.78, 5) is 0. The maximum Gasteiger partial charge on any atom is 0.136 e. The molecular formula is C32H20O. The summed E-state index contributed by atoms with van der Waals surface area (Å²) in [7, 11) is 0. The summed E-state index contributed by atoms with van der Waals surface area (Å²) in [6.07, 6.45) is 0. The molecule has 0 aliphatic carbocycles. The molecule has 0 aliphatic rings. The maximum atomic E-state index is 6.26. The van der Waals surface area contributed by atoms with Gasteiger partial charge >= 0.3 is 0 Å². The van der Waals surface area contributed by atoms with Gasteiger partial charge in [0.15, 0.2) is 0 Å². The third kappa shape index (κ3) is 2.94. The van der Waals surface area contributed by atoms with Crippen LogP contribution in [-0.4, -0.2) is 0 Å². The van der Waals surface area contributed by atoms with Gasteiger partial charge in [-0.1, -0.05) is 97.1 Å². The van der Waals surface area contributed by atoms with E-state index in [2.05, 4.69) is 121 Å². The van der Waals surface area contributed by atoms with Crippen molar-refractivity contribution in [1.29, 1.82) is 0 Å². The smallest absolute Gasteiger partial charge is 0.136 e. The molecule has 0 saturated heterocycles. The normalized spacial score (nSPS) is 11.6. The molecule has 7 aromatic rings. The molecule has 1 heteroatoms. The molecule has 0 N–H and O–H groups in total. The molecule has 1 nitrogen and oxygen atoms in total. The van der Waals surface area contributed by atoms with Gasteiger partial charge < -0.3 is 4.42 Å². The fraction of sp³-hybridized carbons (Fsp3) is 0. The minimum absolute atomic E-state index is 0.927. The van der Waals surface area contributed by atoms with Crippen molar-refractivity contribution < 1.29 is 4.42 Å². The first-order chi connectivity index (χ1) is 16.3. The molecule has 0 saturated carbocycles. The molecule has 154 valence electrons. The number of rotatable bonds is 2. The Bertz CT molecular complexity index is 1800. The molecule has 0 amide bonds. The van der Waals surface area contributed by atoms with Gasteiger partial charge in [0.25, 0.3) is 0 Å². The highest BCUT2D eigenvalue weighted by Crippen LogP contribution is 2.35. The van der Waals surface area contributed by atoms with Gasteiger partial charge in [0, 0.05) is 10.8 Å². The van der Waals surface area contributed by atoms with Gasteiger partial charge in [-0.2, -0.15) is 0 Å². The largest absolute Gasteiger partial charge is 0.456 e. The SMILES string of the molecule is c1ccc2cc3c(cc2c1)oc1cc(-c2ccc(-c4cccc5ccccc45)cc2)ccc13. The van der Waals surface area contributed by atoms with Crippen LogP contribution in [0.25, 0.3) is 65.7 Å². The van der Waals surface area contributed by atoms with Crippen LogP contribution >= 0.6 is 0 Å². The summed E-state index contributed by atoms with van der Waals surface area (Å²) < 4.78 is 6.26. The number of hydrogen-bond acceptors (Lipinski definition) is 1. The van der Waals surface area contributed by atoms with E-state index in [4.69, 9.17) is 4.42 Å². The van der Waals surface area contributed by atoms with Crippen LogP contribution in [0.5, 0.6) is 0 Å². The second-order valence-corrected chi connectivity index (χ2v) is 8.61. The van der Waals surface area contributed by atoms with Crippen LogP contribution in [0.1, 0.15) is 0 Å².